The Morgan fingerprint density at radius 2 is 1.13 bits per heavy atom. The molecule has 0 aliphatic carbocycles. The number of rotatable bonds is 4. The van der Waals surface area contributed by atoms with E-state index < -0.39 is 0 Å². The second-order valence-electron chi connectivity index (χ2n) is 11.4. The summed E-state index contributed by atoms with van der Waals surface area (Å²) in [5, 5.41) is 4.26. The van der Waals surface area contributed by atoms with Crippen LogP contribution >= 0.6 is 11.3 Å². The molecule has 10 aromatic rings. The topological polar surface area (TPSA) is 77.8 Å². The molecule has 0 aliphatic heterocycles. The molecule has 0 amide bonds. The first kappa shape index (κ1) is 26.1. The third-order valence-electron chi connectivity index (χ3n) is 8.59. The molecule has 6 aromatic carbocycles. The quantitative estimate of drug-likeness (QED) is 0.194. The van der Waals surface area contributed by atoms with Gasteiger partial charge in [-0.05, 0) is 42.5 Å². The van der Waals surface area contributed by atoms with Crippen LogP contribution in [0, 0.1) is 0 Å². The highest BCUT2D eigenvalue weighted by atomic mass is 32.1. The van der Waals surface area contributed by atoms with Crippen molar-refractivity contribution < 1.29 is 8.83 Å². The molecule has 0 bridgehead atoms. The number of hydrogen-bond acceptors (Lipinski definition) is 7. The van der Waals surface area contributed by atoms with Crippen molar-refractivity contribution in [3.8, 4) is 45.6 Å². The van der Waals surface area contributed by atoms with Gasteiger partial charge in [-0.25, -0.2) is 19.9 Å². The van der Waals surface area contributed by atoms with Crippen LogP contribution in [0.25, 0.3) is 98.8 Å². The zero-order valence-electron chi connectivity index (χ0n) is 24.7. The van der Waals surface area contributed by atoms with Crippen molar-refractivity contribution in [3.05, 3.63) is 133 Å². The lowest BCUT2D eigenvalue weighted by Crippen LogP contribution is -2.00. The Bertz CT molecular complexity index is 2780. The van der Waals surface area contributed by atoms with E-state index in [1.165, 1.54) is 0 Å². The van der Waals surface area contributed by atoms with Crippen molar-refractivity contribution in [1.29, 1.82) is 0 Å². The van der Waals surface area contributed by atoms with Gasteiger partial charge in [-0.1, -0.05) is 91.0 Å². The fourth-order valence-corrected chi connectivity index (χ4v) is 7.61. The minimum Gasteiger partial charge on any atom is -0.456 e. The van der Waals surface area contributed by atoms with Crippen LogP contribution in [0.5, 0.6) is 0 Å². The summed E-state index contributed by atoms with van der Waals surface area (Å²) in [5.74, 6) is 2.44. The minimum absolute atomic E-state index is 0.598. The number of furan rings is 1. The Balaban J connectivity index is 1.20. The zero-order chi connectivity index (χ0) is 30.9. The second kappa shape index (κ2) is 10.2. The lowest BCUT2D eigenvalue weighted by molar-refractivity contribution is 0.620. The fourth-order valence-electron chi connectivity index (χ4n) is 6.43. The molecule has 0 N–H and O–H groups in total. The van der Waals surface area contributed by atoms with E-state index in [0.717, 1.165) is 75.5 Å². The van der Waals surface area contributed by atoms with Crippen LogP contribution in [-0.4, -0.2) is 19.9 Å². The number of fused-ring (bicyclic) bond motifs is 7. The summed E-state index contributed by atoms with van der Waals surface area (Å²) in [4.78, 5) is 20.0. The normalized spacial score (nSPS) is 11.8. The Morgan fingerprint density at radius 1 is 0.426 bits per heavy atom. The van der Waals surface area contributed by atoms with Gasteiger partial charge in [-0.15, -0.1) is 11.3 Å². The van der Waals surface area contributed by atoms with E-state index in [-0.39, 0.29) is 0 Å². The van der Waals surface area contributed by atoms with Gasteiger partial charge in [-0.2, -0.15) is 0 Å². The van der Waals surface area contributed by atoms with Gasteiger partial charge in [0, 0.05) is 53.2 Å². The maximum atomic E-state index is 6.22. The third kappa shape index (κ3) is 4.17. The van der Waals surface area contributed by atoms with Crippen molar-refractivity contribution in [2.24, 2.45) is 0 Å². The Kier molecular flexibility index (Phi) is 5.64. The highest BCUT2D eigenvalue weighted by molar-refractivity contribution is 7.26. The Morgan fingerprint density at radius 3 is 1.98 bits per heavy atom. The first-order valence-electron chi connectivity index (χ1n) is 15.3. The molecule has 6 nitrogen and oxygen atoms in total. The fraction of sp³-hybridized carbons (Fsp3) is 0. The largest absolute Gasteiger partial charge is 0.456 e. The number of thiophene rings is 1. The molecule has 47 heavy (non-hydrogen) atoms. The molecule has 0 radical (unpaired) electrons. The lowest BCUT2D eigenvalue weighted by atomic mass is 10.0. The number of oxazole rings is 1. The average molecular weight is 623 g/mol. The summed E-state index contributed by atoms with van der Waals surface area (Å²) in [6, 6.07) is 44.8. The highest BCUT2D eigenvalue weighted by Crippen LogP contribution is 2.42. The van der Waals surface area contributed by atoms with Gasteiger partial charge in [0.15, 0.2) is 23.1 Å². The molecule has 0 saturated heterocycles. The van der Waals surface area contributed by atoms with E-state index in [2.05, 4.69) is 48.5 Å². The summed E-state index contributed by atoms with van der Waals surface area (Å²) in [6.07, 6.45) is 0. The number of aromatic nitrogens is 4. The first-order chi connectivity index (χ1) is 23.3. The highest BCUT2D eigenvalue weighted by Gasteiger charge is 2.20. The number of hydrogen-bond donors (Lipinski definition) is 0. The van der Waals surface area contributed by atoms with Crippen molar-refractivity contribution >= 4 is 64.5 Å². The van der Waals surface area contributed by atoms with E-state index in [4.69, 9.17) is 28.8 Å². The zero-order valence-corrected chi connectivity index (χ0v) is 25.5. The van der Waals surface area contributed by atoms with Gasteiger partial charge in [0.05, 0.1) is 0 Å². The predicted octanol–water partition coefficient (Wildman–Crippen LogP) is 10.9. The van der Waals surface area contributed by atoms with Gasteiger partial charge in [-0.3, -0.25) is 0 Å². The van der Waals surface area contributed by atoms with E-state index in [0.29, 0.717) is 23.4 Å². The van der Waals surface area contributed by atoms with Gasteiger partial charge < -0.3 is 8.83 Å². The summed E-state index contributed by atoms with van der Waals surface area (Å²) in [5.41, 5.74) is 6.97. The van der Waals surface area contributed by atoms with Gasteiger partial charge >= 0.3 is 0 Å². The summed E-state index contributed by atoms with van der Waals surface area (Å²) in [7, 11) is 0. The molecular weight excluding hydrogens is 601 g/mol. The lowest BCUT2D eigenvalue weighted by Gasteiger charge is -2.10. The van der Waals surface area contributed by atoms with Crippen molar-refractivity contribution in [2.45, 2.75) is 0 Å². The minimum atomic E-state index is 0.598. The smallest absolute Gasteiger partial charge is 0.227 e. The summed E-state index contributed by atoms with van der Waals surface area (Å²) >= 11 is 1.74. The van der Waals surface area contributed by atoms with Crippen LogP contribution in [-0.2, 0) is 0 Å². The number of benzene rings is 6. The van der Waals surface area contributed by atoms with E-state index in [9.17, 15) is 0 Å². The SMILES string of the molecule is c1ccc(-c2nc(-c3cccc4oc5ccccc5c34)nc(-c3cccc4sc5cc(-c6nc7ccccc7o6)ccc5c34)n2)cc1. The molecule has 0 unspecified atom stereocenters. The molecule has 10 rings (SSSR count). The average Bonchev–Trinajstić information content (AvgIpc) is 3.84. The van der Waals surface area contributed by atoms with E-state index in [1.807, 2.05) is 84.9 Å². The van der Waals surface area contributed by atoms with Crippen LogP contribution in [0.15, 0.2) is 142 Å². The maximum absolute atomic E-state index is 6.22. The molecular formula is C40H22N4O2S. The molecule has 0 saturated carbocycles. The summed E-state index contributed by atoms with van der Waals surface area (Å²) in [6.45, 7) is 0. The first-order valence-corrected chi connectivity index (χ1v) is 16.1. The molecule has 0 spiro atoms. The van der Waals surface area contributed by atoms with Crippen LogP contribution in [0.2, 0.25) is 0 Å². The molecule has 7 heteroatoms. The number of nitrogens with zero attached hydrogens (tertiary/aromatic N) is 4. The van der Waals surface area contributed by atoms with Gasteiger partial charge in [0.25, 0.3) is 0 Å². The predicted molar refractivity (Wildman–Crippen MR) is 189 cm³/mol. The van der Waals surface area contributed by atoms with Gasteiger partial charge in [0.1, 0.15) is 16.7 Å². The molecule has 4 heterocycles. The van der Waals surface area contributed by atoms with E-state index >= 15 is 0 Å². The van der Waals surface area contributed by atoms with Gasteiger partial charge in [0.2, 0.25) is 5.89 Å². The van der Waals surface area contributed by atoms with Crippen molar-refractivity contribution in [1.82, 2.24) is 19.9 Å². The van der Waals surface area contributed by atoms with Crippen LogP contribution in [0.1, 0.15) is 0 Å². The summed E-state index contributed by atoms with van der Waals surface area (Å²) < 4.78 is 14.6. The van der Waals surface area contributed by atoms with Crippen LogP contribution < -0.4 is 0 Å². The van der Waals surface area contributed by atoms with Crippen molar-refractivity contribution in [3.63, 3.8) is 0 Å². The van der Waals surface area contributed by atoms with E-state index in [1.54, 1.807) is 11.3 Å². The monoisotopic (exact) mass is 622 g/mol. The second-order valence-corrected chi connectivity index (χ2v) is 12.5. The molecule has 0 aliphatic rings. The third-order valence-corrected chi connectivity index (χ3v) is 9.71. The molecule has 4 aromatic heterocycles. The van der Waals surface area contributed by atoms with Crippen LogP contribution in [0.4, 0.5) is 0 Å². The number of para-hydroxylation sites is 3. The molecule has 0 atom stereocenters. The van der Waals surface area contributed by atoms with Crippen molar-refractivity contribution in [2.75, 3.05) is 0 Å². The maximum Gasteiger partial charge on any atom is 0.227 e. The Labute approximate surface area is 271 Å². The standard InChI is InChI=1S/C40H22N4O2S/c1-2-10-23(11-3-1)37-42-38(27-13-8-18-32-35(27)25-12-4-6-16-30(25)45-32)44-39(43-37)28-14-9-19-33-36(28)26-21-20-24(22-34(26)47-33)40-41-29-15-5-7-17-31(29)46-40/h1-22H. The Hall–Kier alpha value is -6.18. The molecule has 220 valence electrons. The van der Waals surface area contributed by atoms with Crippen LogP contribution in [0.3, 0.4) is 0 Å². The molecule has 0 fully saturated rings.